The number of halogens is 3. The zero-order valence-electron chi connectivity index (χ0n) is 10.9. The molecule has 0 saturated heterocycles. The van der Waals surface area contributed by atoms with Gasteiger partial charge in [0.1, 0.15) is 12.4 Å². The first kappa shape index (κ1) is 18.2. The first-order valence-corrected chi connectivity index (χ1v) is 9.90. The first-order chi connectivity index (χ1) is 9.36. The molecule has 0 amide bonds. The molecule has 8 heteroatoms. The zero-order chi connectivity index (χ0) is 15.2. The van der Waals surface area contributed by atoms with E-state index in [-0.39, 0.29) is 4.90 Å². The zero-order valence-corrected chi connectivity index (χ0v) is 15.6. The molecule has 1 aromatic rings. The SMILES string of the molecule is CCCCOCCOc1c(Br)cc(S(=O)(=O)Cl)cc1Br. The van der Waals surface area contributed by atoms with Crippen molar-refractivity contribution >= 4 is 51.6 Å². The number of hydrogen-bond donors (Lipinski definition) is 0. The minimum atomic E-state index is -3.77. The lowest BCUT2D eigenvalue weighted by Crippen LogP contribution is -2.08. The Kier molecular flexibility index (Phi) is 7.82. The molecule has 0 atom stereocenters. The van der Waals surface area contributed by atoms with Crippen molar-refractivity contribution in [2.45, 2.75) is 24.7 Å². The van der Waals surface area contributed by atoms with Crippen molar-refractivity contribution in [1.29, 1.82) is 0 Å². The third-order valence-corrected chi connectivity index (χ3v) is 4.88. The van der Waals surface area contributed by atoms with Gasteiger partial charge in [0, 0.05) is 17.3 Å². The highest BCUT2D eigenvalue weighted by Gasteiger charge is 2.16. The number of hydrogen-bond acceptors (Lipinski definition) is 4. The van der Waals surface area contributed by atoms with Crippen LogP contribution >= 0.6 is 42.5 Å². The summed E-state index contributed by atoms with van der Waals surface area (Å²) in [6.45, 7) is 3.68. The molecule has 0 radical (unpaired) electrons. The molecule has 0 fully saturated rings. The van der Waals surface area contributed by atoms with Gasteiger partial charge in [0.2, 0.25) is 0 Å². The normalized spacial score (nSPS) is 11.6. The Labute approximate surface area is 140 Å². The molecule has 1 rings (SSSR count). The van der Waals surface area contributed by atoms with Crippen LogP contribution in [0.3, 0.4) is 0 Å². The molecule has 0 N–H and O–H groups in total. The average molecular weight is 451 g/mol. The Morgan fingerprint density at radius 1 is 1.15 bits per heavy atom. The van der Waals surface area contributed by atoms with Crippen molar-refractivity contribution < 1.29 is 17.9 Å². The molecular formula is C12H15Br2ClO4S. The van der Waals surface area contributed by atoms with E-state index in [1.807, 2.05) is 0 Å². The van der Waals surface area contributed by atoms with E-state index < -0.39 is 9.05 Å². The fourth-order valence-electron chi connectivity index (χ4n) is 1.37. The van der Waals surface area contributed by atoms with Crippen LogP contribution in [0.1, 0.15) is 19.8 Å². The summed E-state index contributed by atoms with van der Waals surface area (Å²) in [4.78, 5) is 0.00413. The smallest absolute Gasteiger partial charge is 0.261 e. The molecule has 0 aliphatic heterocycles. The number of rotatable bonds is 8. The van der Waals surface area contributed by atoms with Gasteiger partial charge in [0.05, 0.1) is 20.4 Å². The van der Waals surface area contributed by atoms with Gasteiger partial charge in [0.25, 0.3) is 9.05 Å². The summed E-state index contributed by atoms with van der Waals surface area (Å²) in [6.07, 6.45) is 2.11. The van der Waals surface area contributed by atoms with E-state index in [1.54, 1.807) is 0 Å². The molecule has 0 aliphatic carbocycles. The van der Waals surface area contributed by atoms with Crippen LogP contribution in [-0.4, -0.2) is 28.2 Å². The second kappa shape index (κ2) is 8.58. The summed E-state index contributed by atoms with van der Waals surface area (Å²) in [5, 5.41) is 0. The lowest BCUT2D eigenvalue weighted by molar-refractivity contribution is 0.0975. The summed E-state index contributed by atoms with van der Waals surface area (Å²) in [5.74, 6) is 0.521. The monoisotopic (exact) mass is 448 g/mol. The molecule has 0 heterocycles. The Hall–Kier alpha value is 0.180. The van der Waals surface area contributed by atoms with Crippen LogP contribution in [0.15, 0.2) is 26.0 Å². The molecular weight excluding hydrogens is 435 g/mol. The Morgan fingerprint density at radius 3 is 2.25 bits per heavy atom. The van der Waals surface area contributed by atoms with E-state index in [4.69, 9.17) is 20.2 Å². The van der Waals surface area contributed by atoms with E-state index in [0.29, 0.717) is 34.5 Å². The standard InChI is InChI=1S/C12H15Br2ClO4S/c1-2-3-4-18-5-6-19-12-10(13)7-9(8-11(12)14)20(15,16)17/h7-8H,2-6H2,1H3. The van der Waals surface area contributed by atoms with Crippen LogP contribution in [0.25, 0.3) is 0 Å². The Balaban J connectivity index is 2.63. The second-order valence-electron chi connectivity index (χ2n) is 3.97. The van der Waals surface area contributed by atoms with Crippen molar-refractivity contribution in [1.82, 2.24) is 0 Å². The van der Waals surface area contributed by atoms with Crippen molar-refractivity contribution in [2.24, 2.45) is 0 Å². The maximum Gasteiger partial charge on any atom is 0.261 e. The highest BCUT2D eigenvalue weighted by atomic mass is 79.9. The van der Waals surface area contributed by atoms with Crippen LogP contribution in [0.2, 0.25) is 0 Å². The number of unbranched alkanes of at least 4 members (excludes halogenated alkanes) is 1. The van der Waals surface area contributed by atoms with Crippen LogP contribution in [-0.2, 0) is 13.8 Å². The van der Waals surface area contributed by atoms with Crippen LogP contribution < -0.4 is 4.74 Å². The van der Waals surface area contributed by atoms with Gasteiger partial charge in [-0.1, -0.05) is 13.3 Å². The highest BCUT2D eigenvalue weighted by molar-refractivity contribution is 9.11. The first-order valence-electron chi connectivity index (χ1n) is 6.00. The molecule has 0 unspecified atom stereocenters. The van der Waals surface area contributed by atoms with E-state index in [1.165, 1.54) is 12.1 Å². The summed E-state index contributed by atoms with van der Waals surface area (Å²) < 4.78 is 34.5. The predicted molar refractivity (Wildman–Crippen MR) is 86.1 cm³/mol. The average Bonchev–Trinajstić information content (AvgIpc) is 2.34. The molecule has 0 aliphatic rings. The van der Waals surface area contributed by atoms with E-state index >= 15 is 0 Å². The number of ether oxygens (including phenoxy) is 2. The van der Waals surface area contributed by atoms with Gasteiger partial charge in [0.15, 0.2) is 0 Å². The van der Waals surface area contributed by atoms with Crippen molar-refractivity contribution in [3.05, 3.63) is 21.1 Å². The molecule has 0 spiro atoms. The maximum absolute atomic E-state index is 11.3. The fourth-order valence-corrected chi connectivity index (χ4v) is 3.87. The van der Waals surface area contributed by atoms with Crippen LogP contribution in [0.5, 0.6) is 5.75 Å². The third-order valence-electron chi connectivity index (χ3n) is 2.37. The predicted octanol–water partition coefficient (Wildman–Crippen LogP) is 4.33. The molecule has 0 bridgehead atoms. The second-order valence-corrected chi connectivity index (χ2v) is 8.24. The van der Waals surface area contributed by atoms with Gasteiger partial charge in [-0.25, -0.2) is 8.42 Å². The van der Waals surface area contributed by atoms with Crippen LogP contribution in [0, 0.1) is 0 Å². The molecule has 4 nitrogen and oxygen atoms in total. The van der Waals surface area contributed by atoms with Gasteiger partial charge in [-0.15, -0.1) is 0 Å². The summed E-state index contributed by atoms with van der Waals surface area (Å²) in [6, 6.07) is 2.81. The van der Waals surface area contributed by atoms with E-state index in [9.17, 15) is 8.42 Å². The summed E-state index contributed by atoms with van der Waals surface area (Å²) in [5.41, 5.74) is 0. The van der Waals surface area contributed by atoms with E-state index in [2.05, 4.69) is 38.8 Å². The Morgan fingerprint density at radius 2 is 1.75 bits per heavy atom. The lowest BCUT2D eigenvalue weighted by atomic mass is 10.3. The van der Waals surface area contributed by atoms with Gasteiger partial charge >= 0.3 is 0 Å². The maximum atomic E-state index is 11.3. The van der Waals surface area contributed by atoms with Gasteiger partial charge in [-0.2, -0.15) is 0 Å². The minimum Gasteiger partial charge on any atom is -0.489 e. The third kappa shape index (κ3) is 5.89. The fraction of sp³-hybridized carbons (Fsp3) is 0.500. The minimum absolute atomic E-state index is 0.00413. The highest BCUT2D eigenvalue weighted by Crippen LogP contribution is 2.36. The van der Waals surface area contributed by atoms with Crippen molar-refractivity contribution in [3.8, 4) is 5.75 Å². The summed E-state index contributed by atoms with van der Waals surface area (Å²) in [7, 11) is 1.53. The summed E-state index contributed by atoms with van der Waals surface area (Å²) >= 11 is 6.53. The molecule has 20 heavy (non-hydrogen) atoms. The number of benzene rings is 1. The van der Waals surface area contributed by atoms with E-state index in [0.717, 1.165) is 12.8 Å². The lowest BCUT2D eigenvalue weighted by Gasteiger charge is -2.11. The van der Waals surface area contributed by atoms with Gasteiger partial charge in [-0.05, 0) is 50.4 Å². The van der Waals surface area contributed by atoms with Gasteiger partial charge < -0.3 is 9.47 Å². The van der Waals surface area contributed by atoms with Crippen molar-refractivity contribution in [3.63, 3.8) is 0 Å². The molecule has 0 saturated carbocycles. The van der Waals surface area contributed by atoms with Gasteiger partial charge in [-0.3, -0.25) is 0 Å². The molecule has 1 aromatic carbocycles. The van der Waals surface area contributed by atoms with Crippen molar-refractivity contribution in [2.75, 3.05) is 19.8 Å². The Bertz CT molecular complexity index is 525. The molecule has 114 valence electrons. The van der Waals surface area contributed by atoms with Crippen LogP contribution in [0.4, 0.5) is 0 Å². The topological polar surface area (TPSA) is 52.6 Å². The quantitative estimate of drug-likeness (QED) is 0.437. The largest absolute Gasteiger partial charge is 0.489 e. The molecule has 0 aromatic heterocycles.